The van der Waals surface area contributed by atoms with Crippen molar-refractivity contribution in [1.82, 2.24) is 9.78 Å². The van der Waals surface area contributed by atoms with Crippen LogP contribution in [-0.4, -0.2) is 15.5 Å². The number of hydrogen-bond donors (Lipinski definition) is 1. The highest BCUT2D eigenvalue weighted by atomic mass is 79.9. The van der Waals surface area contributed by atoms with Crippen LogP contribution in [0.15, 0.2) is 39.8 Å². The molecule has 1 aromatic heterocycles. The lowest BCUT2D eigenvalue weighted by Crippen LogP contribution is -2.18. The molecule has 1 heterocycles. The van der Waals surface area contributed by atoms with E-state index in [-0.39, 0.29) is 11.9 Å². The second-order valence-corrected chi connectivity index (χ2v) is 6.01. The second kappa shape index (κ2) is 6.54. The van der Waals surface area contributed by atoms with Crippen LogP contribution in [0.2, 0.25) is 0 Å². The van der Waals surface area contributed by atoms with E-state index in [2.05, 4.69) is 21.0 Å². The number of halogens is 2. The summed E-state index contributed by atoms with van der Waals surface area (Å²) in [6.45, 7) is 2.82. The Morgan fingerprint density at radius 3 is 2.74 bits per heavy atom. The van der Waals surface area contributed by atoms with Gasteiger partial charge in [0, 0.05) is 17.2 Å². The molecular weight excluding hydrogens is 329 g/mol. The summed E-state index contributed by atoms with van der Waals surface area (Å²) in [5.41, 5.74) is 7.21. The molecule has 2 rings (SSSR count). The molecule has 1 aromatic carbocycles. The Labute approximate surface area is 124 Å². The molecule has 6 heteroatoms. The molecule has 19 heavy (non-hydrogen) atoms. The van der Waals surface area contributed by atoms with Gasteiger partial charge in [-0.15, -0.1) is 11.8 Å². The van der Waals surface area contributed by atoms with E-state index in [1.54, 1.807) is 30.1 Å². The number of hydrogen-bond acceptors (Lipinski definition) is 3. The quantitative estimate of drug-likeness (QED) is 0.843. The van der Waals surface area contributed by atoms with Crippen molar-refractivity contribution >= 4 is 27.7 Å². The number of rotatable bonds is 5. The van der Waals surface area contributed by atoms with Crippen molar-refractivity contribution in [3.8, 4) is 0 Å². The van der Waals surface area contributed by atoms with Crippen molar-refractivity contribution in [2.75, 3.05) is 5.75 Å². The average Bonchev–Trinajstić information content (AvgIpc) is 2.79. The third-order valence-corrected chi connectivity index (χ3v) is 4.47. The van der Waals surface area contributed by atoms with E-state index < -0.39 is 0 Å². The van der Waals surface area contributed by atoms with Crippen molar-refractivity contribution in [2.45, 2.75) is 24.4 Å². The normalized spacial score (nSPS) is 12.6. The Balaban J connectivity index is 2.03. The zero-order valence-electron chi connectivity index (χ0n) is 10.5. The van der Waals surface area contributed by atoms with Crippen LogP contribution in [0.3, 0.4) is 0 Å². The molecule has 0 aliphatic heterocycles. The van der Waals surface area contributed by atoms with Gasteiger partial charge in [0.25, 0.3) is 0 Å². The van der Waals surface area contributed by atoms with E-state index in [9.17, 15) is 4.39 Å². The Morgan fingerprint density at radius 2 is 2.11 bits per heavy atom. The molecule has 0 spiro atoms. The van der Waals surface area contributed by atoms with Crippen molar-refractivity contribution < 1.29 is 4.39 Å². The maximum Gasteiger partial charge on any atom is 0.123 e. The molecular formula is C13H15BrFN3S. The number of nitrogens with two attached hydrogens (primary N) is 1. The van der Waals surface area contributed by atoms with Gasteiger partial charge in [0.2, 0.25) is 0 Å². The molecule has 0 saturated heterocycles. The third kappa shape index (κ3) is 3.58. The van der Waals surface area contributed by atoms with E-state index in [0.717, 1.165) is 27.4 Å². The largest absolute Gasteiger partial charge is 0.322 e. The molecule has 0 aliphatic carbocycles. The van der Waals surface area contributed by atoms with Gasteiger partial charge in [0.05, 0.1) is 22.4 Å². The molecule has 0 aliphatic rings. The molecule has 1 unspecified atom stereocenters. The standard InChI is InChI=1S/C13H15BrFN3S/c1-2-18-13(11(14)7-17-18)12(16)8-19-10-5-3-9(15)4-6-10/h3-7,12H,2,8,16H2,1H3. The van der Waals surface area contributed by atoms with Gasteiger partial charge in [-0.25, -0.2) is 4.39 Å². The average molecular weight is 344 g/mol. The van der Waals surface area contributed by atoms with Gasteiger partial charge < -0.3 is 5.73 Å². The van der Waals surface area contributed by atoms with Crippen LogP contribution < -0.4 is 5.73 Å². The minimum Gasteiger partial charge on any atom is -0.322 e. The van der Waals surface area contributed by atoms with Crippen LogP contribution in [0.5, 0.6) is 0 Å². The maximum absolute atomic E-state index is 12.8. The van der Waals surface area contributed by atoms with Crippen LogP contribution in [0.4, 0.5) is 4.39 Å². The van der Waals surface area contributed by atoms with Crippen LogP contribution in [0, 0.1) is 5.82 Å². The van der Waals surface area contributed by atoms with Gasteiger partial charge in [0.1, 0.15) is 5.82 Å². The number of aryl methyl sites for hydroxylation is 1. The first-order valence-electron chi connectivity index (χ1n) is 5.97. The Bertz CT molecular complexity index is 541. The zero-order chi connectivity index (χ0) is 13.8. The summed E-state index contributed by atoms with van der Waals surface area (Å²) in [4.78, 5) is 1.01. The van der Waals surface area contributed by atoms with Crippen molar-refractivity contribution in [2.24, 2.45) is 5.73 Å². The summed E-state index contributed by atoms with van der Waals surface area (Å²) in [5, 5.41) is 4.25. The molecule has 3 nitrogen and oxygen atoms in total. The maximum atomic E-state index is 12.8. The lowest BCUT2D eigenvalue weighted by atomic mass is 10.2. The Kier molecular flexibility index (Phi) is 5.01. The predicted octanol–water partition coefficient (Wildman–Crippen LogP) is 3.60. The van der Waals surface area contributed by atoms with Crippen LogP contribution in [0.25, 0.3) is 0 Å². The molecule has 0 radical (unpaired) electrons. The first-order chi connectivity index (χ1) is 9.11. The topological polar surface area (TPSA) is 43.8 Å². The Hall–Kier alpha value is -0.850. The molecule has 0 bridgehead atoms. The van der Waals surface area contributed by atoms with Gasteiger partial charge in [-0.3, -0.25) is 4.68 Å². The summed E-state index contributed by atoms with van der Waals surface area (Å²) >= 11 is 5.08. The van der Waals surface area contributed by atoms with Crippen LogP contribution >= 0.6 is 27.7 Å². The second-order valence-electron chi connectivity index (χ2n) is 4.06. The van der Waals surface area contributed by atoms with E-state index in [1.807, 2.05) is 11.6 Å². The van der Waals surface area contributed by atoms with E-state index in [4.69, 9.17) is 5.73 Å². The van der Waals surface area contributed by atoms with Crippen LogP contribution in [0.1, 0.15) is 18.7 Å². The molecule has 0 saturated carbocycles. The fourth-order valence-electron chi connectivity index (χ4n) is 1.79. The minimum absolute atomic E-state index is 0.119. The number of nitrogens with zero attached hydrogens (tertiary/aromatic N) is 2. The molecule has 0 fully saturated rings. The highest BCUT2D eigenvalue weighted by molar-refractivity contribution is 9.10. The van der Waals surface area contributed by atoms with Gasteiger partial charge >= 0.3 is 0 Å². The smallest absolute Gasteiger partial charge is 0.123 e. The van der Waals surface area contributed by atoms with Crippen molar-refractivity contribution in [3.05, 3.63) is 46.4 Å². The number of benzene rings is 1. The van der Waals surface area contributed by atoms with Gasteiger partial charge in [-0.1, -0.05) is 0 Å². The summed E-state index contributed by atoms with van der Waals surface area (Å²) in [6.07, 6.45) is 1.77. The highest BCUT2D eigenvalue weighted by Gasteiger charge is 2.16. The van der Waals surface area contributed by atoms with Crippen molar-refractivity contribution in [3.63, 3.8) is 0 Å². The van der Waals surface area contributed by atoms with Gasteiger partial charge in [-0.2, -0.15) is 5.10 Å². The summed E-state index contributed by atoms with van der Waals surface area (Å²) in [7, 11) is 0. The number of aromatic nitrogens is 2. The van der Waals surface area contributed by atoms with E-state index in [0.29, 0.717) is 0 Å². The summed E-state index contributed by atoms with van der Waals surface area (Å²) in [5.74, 6) is 0.496. The summed E-state index contributed by atoms with van der Waals surface area (Å²) in [6, 6.07) is 6.32. The fraction of sp³-hybridized carbons (Fsp3) is 0.308. The zero-order valence-corrected chi connectivity index (χ0v) is 12.9. The summed E-state index contributed by atoms with van der Waals surface area (Å²) < 4.78 is 15.6. The first kappa shape index (κ1) is 14.6. The monoisotopic (exact) mass is 343 g/mol. The molecule has 0 amide bonds. The highest BCUT2D eigenvalue weighted by Crippen LogP contribution is 2.27. The van der Waals surface area contributed by atoms with Crippen molar-refractivity contribution in [1.29, 1.82) is 0 Å². The SMILES string of the molecule is CCn1ncc(Br)c1C(N)CSc1ccc(F)cc1. The minimum atomic E-state index is -0.222. The molecule has 2 aromatic rings. The van der Waals surface area contributed by atoms with Crippen LogP contribution in [-0.2, 0) is 6.54 Å². The van der Waals surface area contributed by atoms with E-state index in [1.165, 1.54) is 12.1 Å². The fourth-order valence-corrected chi connectivity index (χ4v) is 3.24. The van der Waals surface area contributed by atoms with E-state index >= 15 is 0 Å². The number of thioether (sulfide) groups is 1. The molecule has 1 atom stereocenters. The van der Waals surface area contributed by atoms with Gasteiger partial charge in [0.15, 0.2) is 0 Å². The lowest BCUT2D eigenvalue weighted by molar-refractivity contribution is 0.591. The first-order valence-corrected chi connectivity index (χ1v) is 7.74. The molecule has 2 N–H and O–H groups in total. The lowest BCUT2D eigenvalue weighted by Gasteiger charge is -2.14. The van der Waals surface area contributed by atoms with Gasteiger partial charge in [-0.05, 0) is 47.1 Å². The molecule has 102 valence electrons. The third-order valence-electron chi connectivity index (χ3n) is 2.73. The Morgan fingerprint density at radius 1 is 1.42 bits per heavy atom. The predicted molar refractivity (Wildman–Crippen MR) is 79.7 cm³/mol.